The molecule has 1 aromatic heterocycles. The summed E-state index contributed by atoms with van der Waals surface area (Å²) in [6, 6.07) is 0. The Kier molecular flexibility index (Phi) is 5.31. The number of H-pyrrole nitrogens is 1. The molecule has 1 N–H and O–H groups in total. The van der Waals surface area contributed by atoms with Crippen molar-refractivity contribution >= 4 is 0 Å². The smallest absolute Gasteiger partial charge is 0.106 e. The number of hydrogen-bond donors (Lipinski definition) is 1. The maximum Gasteiger partial charge on any atom is 0.106 e. The van der Waals surface area contributed by atoms with Gasteiger partial charge in [0.2, 0.25) is 0 Å². The molecular formula is C17H29N3O. The van der Waals surface area contributed by atoms with Gasteiger partial charge < -0.3 is 9.72 Å². The van der Waals surface area contributed by atoms with Crippen molar-refractivity contribution in [3.63, 3.8) is 0 Å². The number of nitrogens with zero attached hydrogens (tertiary/aromatic N) is 2. The summed E-state index contributed by atoms with van der Waals surface area (Å²) in [5.74, 6) is 2.76. The number of methoxy groups -OCH3 is 1. The minimum Gasteiger partial charge on any atom is -0.384 e. The molecule has 1 aliphatic carbocycles. The molecule has 0 aromatic carbocycles. The Morgan fingerprint density at radius 2 is 2.05 bits per heavy atom. The summed E-state index contributed by atoms with van der Waals surface area (Å²) in [6.45, 7) is 4.27. The lowest BCUT2D eigenvalue weighted by atomic mass is 9.99. The third kappa shape index (κ3) is 4.30. The van der Waals surface area contributed by atoms with Gasteiger partial charge in [-0.25, -0.2) is 4.98 Å². The molecule has 0 radical (unpaired) electrons. The fraction of sp³-hybridized carbons (Fsp3) is 0.824. The van der Waals surface area contributed by atoms with Gasteiger partial charge in [0.05, 0.1) is 6.61 Å². The van der Waals surface area contributed by atoms with Gasteiger partial charge in [0, 0.05) is 38.5 Å². The van der Waals surface area contributed by atoms with Gasteiger partial charge in [0.1, 0.15) is 5.82 Å². The highest BCUT2D eigenvalue weighted by Gasteiger charge is 2.21. The van der Waals surface area contributed by atoms with Crippen LogP contribution in [0.15, 0.2) is 6.20 Å². The number of ether oxygens (including phenoxy) is 1. The first-order valence-electron chi connectivity index (χ1n) is 8.57. The molecule has 0 amide bonds. The summed E-state index contributed by atoms with van der Waals surface area (Å²) >= 11 is 0. The third-order valence-electron chi connectivity index (χ3n) is 5.04. The van der Waals surface area contributed by atoms with E-state index in [2.05, 4.69) is 14.9 Å². The maximum absolute atomic E-state index is 5.31. The van der Waals surface area contributed by atoms with E-state index in [0.29, 0.717) is 5.92 Å². The average Bonchev–Trinajstić information content (AvgIpc) is 3.12. The van der Waals surface area contributed by atoms with E-state index in [1.54, 1.807) is 0 Å². The summed E-state index contributed by atoms with van der Waals surface area (Å²) in [7, 11) is 1.81. The van der Waals surface area contributed by atoms with Gasteiger partial charge in [-0.15, -0.1) is 0 Å². The highest BCUT2D eigenvalue weighted by Crippen LogP contribution is 2.27. The number of hydrogen-bond acceptors (Lipinski definition) is 3. The summed E-state index contributed by atoms with van der Waals surface area (Å²) in [4.78, 5) is 10.7. The first-order valence-corrected chi connectivity index (χ1v) is 8.57. The van der Waals surface area contributed by atoms with Crippen molar-refractivity contribution in [3.8, 4) is 0 Å². The molecule has 4 heteroatoms. The first-order chi connectivity index (χ1) is 10.3. The van der Waals surface area contributed by atoms with Crippen LogP contribution in [0.1, 0.15) is 50.0 Å². The molecule has 0 bridgehead atoms. The zero-order valence-electron chi connectivity index (χ0n) is 13.3. The second-order valence-electron chi connectivity index (χ2n) is 6.91. The van der Waals surface area contributed by atoms with Crippen molar-refractivity contribution in [2.75, 3.05) is 26.8 Å². The van der Waals surface area contributed by atoms with Crippen LogP contribution in [0.2, 0.25) is 0 Å². The van der Waals surface area contributed by atoms with Crippen LogP contribution < -0.4 is 0 Å². The molecule has 1 aromatic rings. The highest BCUT2D eigenvalue weighted by atomic mass is 16.5. The minimum atomic E-state index is 0.699. The molecule has 0 unspecified atom stereocenters. The first kappa shape index (κ1) is 15.0. The predicted molar refractivity (Wildman–Crippen MR) is 84.1 cm³/mol. The number of imidazole rings is 1. The van der Waals surface area contributed by atoms with Gasteiger partial charge in [0.15, 0.2) is 0 Å². The zero-order chi connectivity index (χ0) is 14.5. The average molecular weight is 291 g/mol. The number of likely N-dealkylation sites (tertiary alicyclic amines) is 1. The molecule has 1 aliphatic heterocycles. The number of rotatable bonds is 6. The van der Waals surface area contributed by atoms with Crippen molar-refractivity contribution in [1.29, 1.82) is 0 Å². The molecule has 118 valence electrons. The molecule has 1 saturated heterocycles. The van der Waals surface area contributed by atoms with E-state index in [-0.39, 0.29) is 0 Å². The van der Waals surface area contributed by atoms with Crippen LogP contribution in [-0.4, -0.2) is 41.7 Å². The minimum absolute atomic E-state index is 0.699. The van der Waals surface area contributed by atoms with Crippen molar-refractivity contribution < 1.29 is 4.74 Å². The van der Waals surface area contributed by atoms with Gasteiger partial charge in [-0.2, -0.15) is 0 Å². The number of nitrogens with one attached hydrogen (secondary N) is 1. The molecule has 0 spiro atoms. The maximum atomic E-state index is 5.31. The van der Waals surface area contributed by atoms with Gasteiger partial charge in [-0.1, -0.05) is 25.7 Å². The van der Waals surface area contributed by atoms with Crippen LogP contribution in [0.4, 0.5) is 0 Å². The van der Waals surface area contributed by atoms with E-state index < -0.39 is 0 Å². The van der Waals surface area contributed by atoms with Crippen LogP contribution >= 0.6 is 0 Å². The van der Waals surface area contributed by atoms with E-state index in [1.165, 1.54) is 56.6 Å². The largest absolute Gasteiger partial charge is 0.384 e. The van der Waals surface area contributed by atoms with E-state index in [0.717, 1.165) is 32.0 Å². The lowest BCUT2D eigenvalue weighted by Crippen LogP contribution is -2.36. The molecule has 1 atom stereocenters. The second-order valence-corrected chi connectivity index (χ2v) is 6.91. The van der Waals surface area contributed by atoms with E-state index in [4.69, 9.17) is 4.74 Å². The van der Waals surface area contributed by atoms with Crippen molar-refractivity contribution in [3.05, 3.63) is 17.7 Å². The molecule has 21 heavy (non-hydrogen) atoms. The standard InChI is InChI=1S/C17H29N3O/c1-21-13-15-7-4-8-20(11-15)12-16-10-18-17(19-16)9-14-5-2-3-6-14/h10,14-15H,2-9,11-13H2,1H3,(H,18,19)/t15-/m0/s1. The molecular weight excluding hydrogens is 262 g/mol. The zero-order valence-corrected chi connectivity index (χ0v) is 13.3. The fourth-order valence-electron chi connectivity index (χ4n) is 3.99. The second kappa shape index (κ2) is 7.41. The Morgan fingerprint density at radius 3 is 2.86 bits per heavy atom. The van der Waals surface area contributed by atoms with Gasteiger partial charge in [-0.05, 0) is 31.2 Å². The van der Waals surface area contributed by atoms with E-state index >= 15 is 0 Å². The van der Waals surface area contributed by atoms with Crippen LogP contribution in [0.25, 0.3) is 0 Å². The molecule has 3 rings (SSSR count). The molecule has 2 aliphatic rings. The van der Waals surface area contributed by atoms with Crippen LogP contribution in [0, 0.1) is 11.8 Å². The van der Waals surface area contributed by atoms with Crippen molar-refractivity contribution in [2.45, 2.75) is 51.5 Å². The van der Waals surface area contributed by atoms with Crippen LogP contribution in [-0.2, 0) is 17.7 Å². The molecule has 2 heterocycles. The highest BCUT2D eigenvalue weighted by molar-refractivity contribution is 5.02. The monoisotopic (exact) mass is 291 g/mol. The SMILES string of the molecule is COC[C@H]1CCCN(Cc2cnc(CC3CCCC3)[nH]2)C1. The van der Waals surface area contributed by atoms with Gasteiger partial charge in [0.25, 0.3) is 0 Å². The van der Waals surface area contributed by atoms with E-state index in [9.17, 15) is 0 Å². The van der Waals surface area contributed by atoms with Crippen molar-refractivity contribution in [2.24, 2.45) is 11.8 Å². The van der Waals surface area contributed by atoms with E-state index in [1.807, 2.05) is 13.3 Å². The van der Waals surface area contributed by atoms with Crippen LogP contribution in [0.3, 0.4) is 0 Å². The molecule has 2 fully saturated rings. The predicted octanol–water partition coefficient (Wildman–Crippen LogP) is 3.00. The van der Waals surface area contributed by atoms with Crippen molar-refractivity contribution in [1.82, 2.24) is 14.9 Å². The fourth-order valence-corrected chi connectivity index (χ4v) is 3.99. The summed E-state index contributed by atoms with van der Waals surface area (Å²) in [6.07, 6.45) is 11.4. The Balaban J connectivity index is 1.49. The number of aromatic amines is 1. The number of piperidine rings is 1. The van der Waals surface area contributed by atoms with Gasteiger partial charge in [-0.3, -0.25) is 4.90 Å². The Labute approximate surface area is 128 Å². The Morgan fingerprint density at radius 1 is 1.24 bits per heavy atom. The number of aromatic nitrogens is 2. The third-order valence-corrected chi connectivity index (χ3v) is 5.04. The van der Waals surface area contributed by atoms with Crippen LogP contribution in [0.5, 0.6) is 0 Å². The lowest BCUT2D eigenvalue weighted by molar-refractivity contribution is 0.0868. The molecule has 4 nitrogen and oxygen atoms in total. The summed E-state index contributed by atoms with van der Waals surface area (Å²) < 4.78 is 5.31. The summed E-state index contributed by atoms with van der Waals surface area (Å²) in [5.41, 5.74) is 1.28. The topological polar surface area (TPSA) is 41.1 Å². The normalized spacial score (nSPS) is 24.7. The van der Waals surface area contributed by atoms with Gasteiger partial charge >= 0.3 is 0 Å². The quantitative estimate of drug-likeness (QED) is 0.876. The Bertz CT molecular complexity index is 423. The Hall–Kier alpha value is -0.870. The summed E-state index contributed by atoms with van der Waals surface area (Å²) in [5, 5.41) is 0. The lowest BCUT2D eigenvalue weighted by Gasteiger charge is -2.31. The molecule has 1 saturated carbocycles.